The Morgan fingerprint density at radius 2 is 1.47 bits per heavy atom. The predicted octanol–water partition coefficient (Wildman–Crippen LogP) is 9.03. The smallest absolute Gasteiger partial charge is 0.433 e. The minimum absolute atomic E-state index is 0.0194. The normalized spacial score (nSPS) is 22.7. The molecule has 208 valence electrons. The number of benzene rings is 2. The van der Waals surface area contributed by atoms with Crippen LogP contribution in [0.4, 0.5) is 35.1 Å². The summed E-state index contributed by atoms with van der Waals surface area (Å²) in [4.78, 5) is 0. The number of hydrogen-bond acceptors (Lipinski definition) is 2. The Balaban J connectivity index is 1.34. The lowest BCUT2D eigenvalue weighted by Crippen LogP contribution is -2.32. The minimum Gasteiger partial charge on any atom is -0.480 e. The Kier molecular flexibility index (Phi) is 8.28. The van der Waals surface area contributed by atoms with Crippen molar-refractivity contribution in [3.8, 4) is 11.5 Å². The summed E-state index contributed by atoms with van der Waals surface area (Å²) < 4.78 is 120. The zero-order chi connectivity index (χ0) is 27.7. The average molecular weight is 549 g/mol. The maximum Gasteiger partial charge on any atom is 0.433 e. The Morgan fingerprint density at radius 3 is 2.03 bits per heavy atom. The van der Waals surface area contributed by atoms with E-state index in [-0.39, 0.29) is 23.8 Å². The van der Waals surface area contributed by atoms with Crippen molar-refractivity contribution in [1.82, 2.24) is 0 Å². The van der Waals surface area contributed by atoms with Gasteiger partial charge in [-0.3, -0.25) is 0 Å². The highest BCUT2D eigenvalue weighted by molar-refractivity contribution is 5.33. The van der Waals surface area contributed by atoms with Gasteiger partial charge >= 0.3 is 12.3 Å². The van der Waals surface area contributed by atoms with E-state index in [2.05, 4.69) is 4.74 Å². The molecule has 2 aromatic carbocycles. The fourth-order valence-electron chi connectivity index (χ4n) is 5.52. The largest absolute Gasteiger partial charge is 0.480 e. The van der Waals surface area contributed by atoms with E-state index < -0.39 is 59.3 Å². The molecule has 0 N–H and O–H groups in total. The van der Waals surface area contributed by atoms with Crippen LogP contribution in [-0.4, -0.2) is 18.9 Å². The molecule has 1 saturated carbocycles. The first-order chi connectivity index (χ1) is 17.8. The van der Waals surface area contributed by atoms with E-state index in [0.29, 0.717) is 56.2 Å². The van der Waals surface area contributed by atoms with Gasteiger partial charge in [0.05, 0.1) is 0 Å². The lowest BCUT2D eigenvalue weighted by Gasteiger charge is -2.36. The van der Waals surface area contributed by atoms with Crippen molar-refractivity contribution in [3.63, 3.8) is 0 Å². The van der Waals surface area contributed by atoms with Crippen LogP contribution in [0.3, 0.4) is 0 Å². The number of hydrogen-bond donors (Lipinski definition) is 0. The van der Waals surface area contributed by atoms with Crippen molar-refractivity contribution < 1.29 is 44.6 Å². The number of rotatable bonds is 7. The Morgan fingerprint density at radius 1 is 0.816 bits per heavy atom. The molecule has 2 aliphatic carbocycles. The number of ether oxygens (including phenoxy) is 2. The summed E-state index contributed by atoms with van der Waals surface area (Å²) in [7, 11) is 0. The van der Waals surface area contributed by atoms with E-state index in [4.69, 9.17) is 4.74 Å². The van der Waals surface area contributed by atoms with Gasteiger partial charge in [0.1, 0.15) is 17.4 Å². The molecule has 0 aliphatic heterocycles. The minimum atomic E-state index is -4.30. The average Bonchev–Trinajstić information content (AvgIpc) is 2.83. The van der Waals surface area contributed by atoms with Crippen molar-refractivity contribution in [2.24, 2.45) is 11.8 Å². The van der Waals surface area contributed by atoms with Crippen LogP contribution >= 0.6 is 0 Å². The fourth-order valence-corrected chi connectivity index (χ4v) is 5.52. The molecule has 0 amide bonds. The zero-order valence-corrected chi connectivity index (χ0v) is 20.7. The lowest BCUT2D eigenvalue weighted by atomic mass is 9.70. The van der Waals surface area contributed by atoms with Crippen molar-refractivity contribution in [2.45, 2.75) is 70.1 Å². The molecule has 0 saturated heterocycles. The molecular formula is C28H28F8O2. The Bertz CT molecular complexity index is 1140. The van der Waals surface area contributed by atoms with Crippen LogP contribution in [0, 0.1) is 36.2 Å². The third-order valence-corrected chi connectivity index (χ3v) is 7.47. The van der Waals surface area contributed by atoms with Gasteiger partial charge in [0.15, 0.2) is 18.2 Å². The van der Waals surface area contributed by atoms with Gasteiger partial charge in [0.25, 0.3) is 0 Å². The van der Waals surface area contributed by atoms with E-state index in [1.54, 1.807) is 6.92 Å². The molecule has 1 fully saturated rings. The maximum absolute atomic E-state index is 14.9. The van der Waals surface area contributed by atoms with Crippen LogP contribution in [0.15, 0.2) is 42.0 Å². The van der Waals surface area contributed by atoms with E-state index in [1.807, 2.05) is 0 Å². The Hall–Kier alpha value is -2.78. The summed E-state index contributed by atoms with van der Waals surface area (Å²) >= 11 is 0. The molecule has 0 bridgehead atoms. The first-order valence-corrected chi connectivity index (χ1v) is 12.5. The molecule has 38 heavy (non-hydrogen) atoms. The van der Waals surface area contributed by atoms with Crippen molar-refractivity contribution in [2.75, 3.05) is 6.61 Å². The number of allylic oxidation sites excluding steroid dienone is 2. The third kappa shape index (κ3) is 6.80. The van der Waals surface area contributed by atoms with E-state index in [9.17, 15) is 35.1 Å². The zero-order valence-electron chi connectivity index (χ0n) is 20.7. The summed E-state index contributed by atoms with van der Waals surface area (Å²) in [5, 5.41) is 0. The number of aryl methyl sites for hydroxylation is 1. The quantitative estimate of drug-likeness (QED) is 0.254. The summed E-state index contributed by atoms with van der Waals surface area (Å²) in [6.07, 6.45) is -4.16. The van der Waals surface area contributed by atoms with Gasteiger partial charge in [-0.25, -0.2) is 13.2 Å². The molecule has 1 atom stereocenters. The van der Waals surface area contributed by atoms with E-state index in [1.165, 1.54) is 18.2 Å². The molecule has 4 rings (SSSR count). The molecule has 2 aromatic rings. The standard InChI is InChI=1S/C28H28F8O2/c1-16-2-11-25(22(29)12-16)37-15-27(32,33)38-21-13-23(30)26(24(31)14-21)19-5-3-17(4-6-19)18-7-9-20(10-8-18)28(34,35)36/h2,9,11-14,17-19H,3-8,10,15H2,1H3. The highest BCUT2D eigenvalue weighted by atomic mass is 19.4. The second-order valence-corrected chi connectivity index (χ2v) is 10.1. The molecule has 10 heteroatoms. The fraction of sp³-hybridized carbons (Fsp3) is 0.500. The summed E-state index contributed by atoms with van der Waals surface area (Å²) in [6.45, 7) is 0.246. The molecule has 2 aliphatic rings. The highest BCUT2D eigenvalue weighted by Crippen LogP contribution is 2.45. The van der Waals surface area contributed by atoms with Gasteiger partial charge in [-0.1, -0.05) is 12.1 Å². The van der Waals surface area contributed by atoms with Gasteiger partial charge in [0, 0.05) is 23.3 Å². The maximum atomic E-state index is 14.9. The number of halogens is 8. The first-order valence-electron chi connectivity index (χ1n) is 12.5. The summed E-state index contributed by atoms with van der Waals surface area (Å²) in [5.74, 6) is -4.20. The molecule has 0 aromatic heterocycles. The van der Waals surface area contributed by atoms with Crippen LogP contribution in [0.25, 0.3) is 0 Å². The molecular weight excluding hydrogens is 520 g/mol. The van der Waals surface area contributed by atoms with E-state index >= 15 is 0 Å². The van der Waals surface area contributed by atoms with Gasteiger partial charge in [0.2, 0.25) is 0 Å². The van der Waals surface area contributed by atoms with Gasteiger partial charge < -0.3 is 9.47 Å². The molecule has 0 radical (unpaired) electrons. The molecule has 0 heterocycles. The van der Waals surface area contributed by atoms with Gasteiger partial charge in [-0.05, 0) is 87.3 Å². The van der Waals surface area contributed by atoms with Crippen molar-refractivity contribution in [3.05, 3.63) is 70.6 Å². The van der Waals surface area contributed by atoms with Crippen LogP contribution in [-0.2, 0) is 0 Å². The number of alkyl halides is 5. The first kappa shape index (κ1) is 28.2. The summed E-state index contributed by atoms with van der Waals surface area (Å²) in [6, 6.07) is 5.16. The van der Waals surface area contributed by atoms with Crippen LogP contribution in [0.5, 0.6) is 11.5 Å². The van der Waals surface area contributed by atoms with Gasteiger partial charge in [-0.15, -0.1) is 0 Å². The van der Waals surface area contributed by atoms with E-state index in [0.717, 1.165) is 6.07 Å². The molecule has 2 nitrogen and oxygen atoms in total. The highest BCUT2D eigenvalue weighted by Gasteiger charge is 2.38. The van der Waals surface area contributed by atoms with Crippen LogP contribution in [0.2, 0.25) is 0 Å². The Labute approximate surface area is 215 Å². The third-order valence-electron chi connectivity index (χ3n) is 7.47. The SMILES string of the molecule is Cc1ccc(OCC(F)(F)Oc2cc(F)c(C3CCC(C4CC=C(C(F)(F)F)CC4)CC3)c(F)c2)c(F)c1. The van der Waals surface area contributed by atoms with Gasteiger partial charge in [-0.2, -0.15) is 22.0 Å². The van der Waals surface area contributed by atoms with Crippen molar-refractivity contribution >= 4 is 0 Å². The second kappa shape index (κ2) is 11.1. The van der Waals surface area contributed by atoms with Crippen molar-refractivity contribution in [1.29, 1.82) is 0 Å². The molecule has 0 spiro atoms. The summed E-state index contributed by atoms with van der Waals surface area (Å²) in [5.41, 5.74) is -0.128. The molecule has 1 unspecified atom stereocenters. The van der Waals surface area contributed by atoms with Crippen LogP contribution < -0.4 is 9.47 Å². The monoisotopic (exact) mass is 548 g/mol. The second-order valence-electron chi connectivity index (χ2n) is 10.1. The predicted molar refractivity (Wildman–Crippen MR) is 125 cm³/mol. The van der Waals surface area contributed by atoms with Crippen LogP contribution in [0.1, 0.15) is 62.0 Å². The lowest BCUT2D eigenvalue weighted by molar-refractivity contribution is -0.195. The topological polar surface area (TPSA) is 18.5 Å².